The van der Waals surface area contributed by atoms with Crippen molar-refractivity contribution in [2.45, 2.75) is 62.8 Å². The number of hydrogen-bond acceptors (Lipinski definition) is 10. The number of hydrogen-bond donors (Lipinski definition) is 1. The summed E-state index contributed by atoms with van der Waals surface area (Å²) in [5, 5.41) is 11.3. The van der Waals surface area contributed by atoms with Gasteiger partial charge in [-0.05, 0) is 84.7 Å². The largest absolute Gasteiger partial charge is 0.493 e. The highest BCUT2D eigenvalue weighted by atomic mass is 16.5. The molecule has 304 valence electrons. The number of aliphatic carboxylic acids is 1. The van der Waals surface area contributed by atoms with Gasteiger partial charge >= 0.3 is 11.9 Å². The van der Waals surface area contributed by atoms with Crippen LogP contribution in [-0.2, 0) is 20.7 Å². The first kappa shape index (κ1) is 41.1. The zero-order chi connectivity index (χ0) is 39.7. The molecule has 0 aromatic heterocycles. The molecule has 1 unspecified atom stereocenters. The average Bonchev–Trinajstić information content (AvgIpc) is 4.06. The predicted molar refractivity (Wildman–Crippen MR) is 212 cm³/mol. The second-order valence-corrected chi connectivity index (χ2v) is 15.2. The number of quaternary nitrogens is 1. The van der Waals surface area contributed by atoms with Crippen molar-refractivity contribution in [3.63, 3.8) is 0 Å². The van der Waals surface area contributed by atoms with E-state index in [4.69, 9.17) is 33.2 Å². The Labute approximate surface area is 331 Å². The SMILES string of the molecule is COc1ccc(C2CCC[N@@+](CCCc3cccc(OCCN4CCOCC4)c3)(C(=O)[C@@H](CC3CC3)c3cc(OC)c(OC)c(OC)c3)[C@H]2C(=O)O)cc1OC. The normalized spacial score (nSPS) is 21.8. The molecule has 1 saturated carbocycles. The highest BCUT2D eigenvalue weighted by Crippen LogP contribution is 2.48. The van der Waals surface area contributed by atoms with Crippen LogP contribution in [0.4, 0.5) is 0 Å². The van der Waals surface area contributed by atoms with Crippen molar-refractivity contribution < 1.29 is 52.3 Å². The van der Waals surface area contributed by atoms with Gasteiger partial charge < -0.3 is 38.3 Å². The van der Waals surface area contributed by atoms with Crippen molar-refractivity contribution in [3.8, 4) is 34.5 Å². The second kappa shape index (κ2) is 19.1. The molecule has 3 aliphatic rings. The number of aryl methyl sites for hydroxylation is 1. The second-order valence-electron chi connectivity index (χ2n) is 15.2. The summed E-state index contributed by atoms with van der Waals surface area (Å²) in [4.78, 5) is 31.9. The summed E-state index contributed by atoms with van der Waals surface area (Å²) in [7, 11) is 7.84. The third-order valence-corrected chi connectivity index (χ3v) is 11.9. The number of carbonyl (C=O) groups excluding carboxylic acids is 1. The zero-order valence-electron chi connectivity index (χ0n) is 33.6. The molecule has 1 aliphatic carbocycles. The molecule has 56 heavy (non-hydrogen) atoms. The number of methoxy groups -OCH3 is 5. The number of carboxylic acids is 1. The number of morpholine rings is 1. The fourth-order valence-corrected chi connectivity index (χ4v) is 8.81. The van der Waals surface area contributed by atoms with E-state index in [0.717, 1.165) is 68.1 Å². The lowest BCUT2D eigenvalue weighted by Crippen LogP contribution is -2.67. The Kier molecular flexibility index (Phi) is 14.0. The van der Waals surface area contributed by atoms with E-state index in [2.05, 4.69) is 17.0 Å². The van der Waals surface area contributed by atoms with Gasteiger partial charge in [-0.2, -0.15) is 0 Å². The Bertz CT molecular complexity index is 1770. The van der Waals surface area contributed by atoms with Gasteiger partial charge in [0.1, 0.15) is 12.4 Å². The molecule has 2 aliphatic heterocycles. The Morgan fingerprint density at radius 3 is 2.21 bits per heavy atom. The van der Waals surface area contributed by atoms with Crippen molar-refractivity contribution >= 4 is 11.9 Å². The Balaban J connectivity index is 1.34. The number of likely N-dealkylation sites (tertiary alicyclic amines) is 1. The van der Waals surface area contributed by atoms with Gasteiger partial charge in [-0.25, -0.2) is 14.1 Å². The number of rotatable bonds is 19. The predicted octanol–water partition coefficient (Wildman–Crippen LogP) is 6.33. The van der Waals surface area contributed by atoms with Gasteiger partial charge in [-0.3, -0.25) is 4.90 Å². The monoisotopic (exact) mass is 775 g/mol. The van der Waals surface area contributed by atoms with Crippen LogP contribution in [0, 0.1) is 5.92 Å². The topological polar surface area (TPSA) is 122 Å². The van der Waals surface area contributed by atoms with E-state index in [1.54, 1.807) is 35.5 Å². The maximum atomic E-state index is 15.7. The van der Waals surface area contributed by atoms with Crippen LogP contribution in [0.15, 0.2) is 54.6 Å². The number of carbonyl (C=O) groups is 2. The molecular formula is C44H59N2O10+. The first-order chi connectivity index (χ1) is 27.2. The molecule has 1 amide bonds. The molecule has 3 aromatic carbocycles. The van der Waals surface area contributed by atoms with E-state index in [-0.39, 0.29) is 10.4 Å². The first-order valence-electron chi connectivity index (χ1n) is 19.9. The van der Waals surface area contributed by atoms with Crippen LogP contribution in [0.2, 0.25) is 0 Å². The van der Waals surface area contributed by atoms with E-state index in [1.807, 2.05) is 42.5 Å². The Hall–Kier alpha value is -4.52. The lowest BCUT2D eigenvalue weighted by Gasteiger charge is -2.48. The summed E-state index contributed by atoms with van der Waals surface area (Å²) >= 11 is 0. The van der Waals surface area contributed by atoms with Crippen LogP contribution >= 0.6 is 0 Å². The molecule has 2 saturated heterocycles. The van der Waals surface area contributed by atoms with Gasteiger partial charge in [0.2, 0.25) is 11.8 Å². The highest BCUT2D eigenvalue weighted by Gasteiger charge is 2.56. The number of piperidine rings is 1. The van der Waals surface area contributed by atoms with Crippen LogP contribution in [0.25, 0.3) is 0 Å². The van der Waals surface area contributed by atoms with Crippen LogP contribution in [0.1, 0.15) is 67.1 Å². The molecule has 12 nitrogen and oxygen atoms in total. The molecule has 1 N–H and O–H groups in total. The van der Waals surface area contributed by atoms with Gasteiger partial charge in [0.15, 0.2) is 23.0 Å². The number of benzene rings is 3. The minimum atomic E-state index is -1.02. The molecule has 3 fully saturated rings. The van der Waals surface area contributed by atoms with Gasteiger partial charge in [0.05, 0.1) is 67.8 Å². The summed E-state index contributed by atoms with van der Waals surface area (Å²) in [6.45, 7) is 5.53. The van der Waals surface area contributed by atoms with Crippen molar-refractivity contribution in [1.29, 1.82) is 0 Å². The molecule has 2 heterocycles. The molecule has 3 aromatic rings. The van der Waals surface area contributed by atoms with E-state index in [1.165, 1.54) is 0 Å². The third kappa shape index (κ3) is 9.36. The van der Waals surface area contributed by atoms with Gasteiger partial charge in [0.25, 0.3) is 0 Å². The minimum absolute atomic E-state index is 0.0797. The number of amides is 1. The summed E-state index contributed by atoms with van der Waals surface area (Å²) < 4.78 is 39.7. The van der Waals surface area contributed by atoms with Crippen molar-refractivity contribution in [1.82, 2.24) is 4.90 Å². The summed E-state index contributed by atoms with van der Waals surface area (Å²) in [5.41, 5.74) is 2.64. The zero-order valence-corrected chi connectivity index (χ0v) is 33.6. The van der Waals surface area contributed by atoms with E-state index in [0.29, 0.717) is 86.5 Å². The van der Waals surface area contributed by atoms with Crippen molar-refractivity contribution in [2.75, 3.05) is 88.1 Å². The van der Waals surface area contributed by atoms with Crippen molar-refractivity contribution in [3.05, 3.63) is 71.3 Å². The minimum Gasteiger partial charge on any atom is -0.493 e. The molecule has 6 rings (SSSR count). The smallest absolute Gasteiger partial charge is 0.363 e. The summed E-state index contributed by atoms with van der Waals surface area (Å²) in [5.74, 6) is 1.57. The Morgan fingerprint density at radius 2 is 1.57 bits per heavy atom. The fourth-order valence-electron chi connectivity index (χ4n) is 8.81. The van der Waals surface area contributed by atoms with Crippen LogP contribution in [-0.4, -0.2) is 121 Å². The molecule has 12 heteroatoms. The standard InChI is InChI=1S/C44H58N2O10/c1-50-37-16-15-32(27-38(37)51-2)35-12-8-21-46(41(35)44(48)49,20-7-10-30-9-6-11-34(25-30)56-24-19-45-17-22-55-23-18-45)43(47)36(26-31-13-14-31)33-28-39(52-3)42(54-5)40(29-33)53-4/h6,9,11,15-16,25,27-29,31,35-36,41H,7-8,10,12-14,17-24,26H2,1-5H3/p+1/t35?,36-,41+,46+/m0/s1. The van der Waals surface area contributed by atoms with Crippen LogP contribution in [0.3, 0.4) is 0 Å². The molecule has 0 radical (unpaired) electrons. The summed E-state index contributed by atoms with van der Waals surface area (Å²) in [6.07, 6.45) is 5.28. The van der Waals surface area contributed by atoms with E-state index < -0.39 is 23.8 Å². The van der Waals surface area contributed by atoms with Crippen LogP contribution < -0.4 is 28.4 Å². The van der Waals surface area contributed by atoms with E-state index in [9.17, 15) is 9.90 Å². The maximum absolute atomic E-state index is 15.7. The Morgan fingerprint density at radius 1 is 0.857 bits per heavy atom. The highest BCUT2D eigenvalue weighted by molar-refractivity contribution is 5.83. The molecular weight excluding hydrogens is 716 g/mol. The maximum Gasteiger partial charge on any atom is 0.363 e. The van der Waals surface area contributed by atoms with Gasteiger partial charge in [-0.1, -0.05) is 31.0 Å². The quantitative estimate of drug-likeness (QED) is 0.138. The lowest BCUT2D eigenvalue weighted by molar-refractivity contribution is -0.879. The number of nitrogens with zero attached hydrogens (tertiary/aromatic N) is 2. The first-order valence-corrected chi connectivity index (χ1v) is 19.9. The van der Waals surface area contributed by atoms with E-state index >= 15 is 4.79 Å². The molecule has 0 bridgehead atoms. The average molecular weight is 776 g/mol. The lowest BCUT2D eigenvalue weighted by atomic mass is 9.79. The molecule has 0 spiro atoms. The third-order valence-electron chi connectivity index (χ3n) is 11.9. The van der Waals surface area contributed by atoms with Crippen molar-refractivity contribution in [2.24, 2.45) is 5.92 Å². The van der Waals surface area contributed by atoms with Gasteiger partial charge in [-0.15, -0.1) is 0 Å². The number of ether oxygens (including phenoxy) is 7. The number of carboxylic acid groups (broad SMARTS) is 1. The molecule has 4 atom stereocenters. The summed E-state index contributed by atoms with van der Waals surface area (Å²) in [6, 6.07) is 16.4. The van der Waals surface area contributed by atoms with Crippen LogP contribution in [0.5, 0.6) is 34.5 Å². The fraction of sp³-hybridized carbons (Fsp3) is 0.545. The van der Waals surface area contributed by atoms with Gasteiger partial charge in [0, 0.05) is 32.0 Å².